The number of nitrogens with zero attached hydrogens (tertiary/aromatic N) is 2. The van der Waals surface area contributed by atoms with Crippen molar-refractivity contribution in [3.05, 3.63) is 11.6 Å². The lowest BCUT2D eigenvalue weighted by Gasteiger charge is -2.31. The van der Waals surface area contributed by atoms with Crippen molar-refractivity contribution in [1.29, 1.82) is 5.26 Å². The lowest BCUT2D eigenvalue weighted by Crippen LogP contribution is -2.34. The van der Waals surface area contributed by atoms with E-state index < -0.39 is 0 Å². The fraction of sp³-hybridized carbons (Fsp3) is 0.786. The van der Waals surface area contributed by atoms with Crippen molar-refractivity contribution >= 4 is 0 Å². The first-order valence-corrected chi connectivity index (χ1v) is 6.53. The molecule has 0 unspecified atom stereocenters. The molecule has 90 valence electrons. The van der Waals surface area contributed by atoms with Crippen LogP contribution in [-0.2, 0) is 0 Å². The van der Waals surface area contributed by atoms with Gasteiger partial charge in [-0.3, -0.25) is 0 Å². The molecular weight excluding hydrogens is 196 g/mol. The minimum absolute atomic E-state index is 0.658. The van der Waals surface area contributed by atoms with Crippen LogP contribution in [0, 0.1) is 11.3 Å². The monoisotopic (exact) mass is 220 g/mol. The number of hydrogen-bond acceptors (Lipinski definition) is 2. The van der Waals surface area contributed by atoms with Gasteiger partial charge in [0.1, 0.15) is 0 Å². The van der Waals surface area contributed by atoms with Crippen LogP contribution in [0.5, 0.6) is 0 Å². The van der Waals surface area contributed by atoms with Gasteiger partial charge < -0.3 is 4.90 Å². The van der Waals surface area contributed by atoms with Crippen LogP contribution in [0.15, 0.2) is 11.6 Å². The highest BCUT2D eigenvalue weighted by atomic mass is 15.1. The normalized spacial score (nSPS) is 20.9. The molecule has 1 rings (SSSR count). The molecular formula is C14H24N2. The summed E-state index contributed by atoms with van der Waals surface area (Å²) in [5.41, 5.74) is 1.66. The summed E-state index contributed by atoms with van der Waals surface area (Å²) in [6.45, 7) is 3.16. The summed E-state index contributed by atoms with van der Waals surface area (Å²) < 4.78 is 0. The van der Waals surface area contributed by atoms with Gasteiger partial charge >= 0.3 is 0 Å². The van der Waals surface area contributed by atoms with Gasteiger partial charge in [-0.15, -0.1) is 0 Å². The summed E-state index contributed by atoms with van der Waals surface area (Å²) in [4.78, 5) is 2.36. The van der Waals surface area contributed by atoms with Crippen molar-refractivity contribution in [3.63, 3.8) is 0 Å². The number of unbranched alkanes of at least 4 members (excludes halogenated alkanes) is 1. The van der Waals surface area contributed by atoms with Crippen LogP contribution < -0.4 is 0 Å². The van der Waals surface area contributed by atoms with Crippen molar-refractivity contribution in [2.24, 2.45) is 0 Å². The van der Waals surface area contributed by atoms with Gasteiger partial charge in [-0.05, 0) is 39.2 Å². The molecule has 0 saturated heterocycles. The Kier molecular flexibility index (Phi) is 6.18. The molecule has 2 nitrogen and oxygen atoms in total. The van der Waals surface area contributed by atoms with Gasteiger partial charge in [-0.25, -0.2) is 0 Å². The SMILES string of the molecule is CCCC=C1CCC(N(C)CCC#N)CC1. The second-order valence-electron chi connectivity index (χ2n) is 4.77. The molecule has 0 aliphatic heterocycles. The highest BCUT2D eigenvalue weighted by Crippen LogP contribution is 2.26. The Morgan fingerprint density at radius 3 is 2.69 bits per heavy atom. The maximum Gasteiger partial charge on any atom is 0.0635 e. The zero-order chi connectivity index (χ0) is 11.8. The first-order valence-electron chi connectivity index (χ1n) is 6.53. The van der Waals surface area contributed by atoms with Crippen LogP contribution in [0.3, 0.4) is 0 Å². The van der Waals surface area contributed by atoms with Crippen molar-refractivity contribution in [2.45, 2.75) is 57.9 Å². The molecule has 0 aromatic carbocycles. The summed E-state index contributed by atoms with van der Waals surface area (Å²) in [6, 6.07) is 2.92. The Balaban J connectivity index is 2.28. The van der Waals surface area contributed by atoms with Gasteiger partial charge in [0, 0.05) is 19.0 Å². The molecule has 0 heterocycles. The van der Waals surface area contributed by atoms with Gasteiger partial charge in [0.15, 0.2) is 0 Å². The molecule has 0 spiro atoms. The third-order valence-corrected chi connectivity index (χ3v) is 3.52. The average Bonchev–Trinajstić information content (AvgIpc) is 2.34. The van der Waals surface area contributed by atoms with Crippen molar-refractivity contribution in [2.75, 3.05) is 13.6 Å². The Labute approximate surface area is 99.9 Å². The summed E-state index contributed by atoms with van der Waals surface area (Å²) in [5.74, 6) is 0. The van der Waals surface area contributed by atoms with Crippen molar-refractivity contribution in [3.8, 4) is 6.07 Å². The Morgan fingerprint density at radius 1 is 1.44 bits per heavy atom. The molecule has 0 N–H and O–H groups in total. The quantitative estimate of drug-likeness (QED) is 0.663. The lowest BCUT2D eigenvalue weighted by atomic mass is 9.89. The molecule has 1 aliphatic rings. The van der Waals surface area contributed by atoms with Gasteiger partial charge in [-0.2, -0.15) is 5.26 Å². The summed E-state index contributed by atoms with van der Waals surface area (Å²) in [7, 11) is 2.16. The predicted octanol–water partition coefficient (Wildman–Crippen LogP) is 3.50. The summed E-state index contributed by atoms with van der Waals surface area (Å²) >= 11 is 0. The zero-order valence-electron chi connectivity index (χ0n) is 10.7. The van der Waals surface area contributed by atoms with E-state index in [1.54, 1.807) is 5.57 Å². The lowest BCUT2D eigenvalue weighted by molar-refractivity contribution is 0.210. The fourth-order valence-corrected chi connectivity index (χ4v) is 2.38. The first-order chi connectivity index (χ1) is 7.77. The molecule has 0 atom stereocenters. The molecule has 16 heavy (non-hydrogen) atoms. The second kappa shape index (κ2) is 7.46. The van der Waals surface area contributed by atoms with E-state index in [2.05, 4.69) is 31.0 Å². The average molecular weight is 220 g/mol. The number of nitriles is 1. The summed E-state index contributed by atoms with van der Waals surface area (Å²) in [5, 5.41) is 8.57. The van der Waals surface area contributed by atoms with E-state index in [-0.39, 0.29) is 0 Å². The van der Waals surface area contributed by atoms with Gasteiger partial charge in [0.05, 0.1) is 6.07 Å². The Bertz CT molecular complexity index is 252. The van der Waals surface area contributed by atoms with E-state index in [4.69, 9.17) is 5.26 Å². The zero-order valence-corrected chi connectivity index (χ0v) is 10.7. The molecule has 0 bridgehead atoms. The highest BCUT2D eigenvalue weighted by molar-refractivity contribution is 5.06. The maximum absolute atomic E-state index is 8.57. The Hall–Kier alpha value is -0.810. The number of allylic oxidation sites excluding steroid dienone is 2. The van der Waals surface area contributed by atoms with Crippen LogP contribution >= 0.6 is 0 Å². The third kappa shape index (κ3) is 4.37. The molecule has 2 heteroatoms. The van der Waals surface area contributed by atoms with E-state index in [0.717, 1.165) is 6.54 Å². The predicted molar refractivity (Wildman–Crippen MR) is 68.1 cm³/mol. The standard InChI is InChI=1S/C14H24N2/c1-3-4-6-13-7-9-14(10-8-13)16(2)12-5-11-15/h6,14H,3-5,7-10,12H2,1-2H3. The molecule has 0 amide bonds. The largest absolute Gasteiger partial charge is 0.302 e. The molecule has 1 aliphatic carbocycles. The van der Waals surface area contributed by atoms with E-state index in [9.17, 15) is 0 Å². The van der Waals surface area contributed by atoms with Gasteiger partial charge in [0.2, 0.25) is 0 Å². The van der Waals surface area contributed by atoms with Gasteiger partial charge in [-0.1, -0.05) is 25.0 Å². The third-order valence-electron chi connectivity index (χ3n) is 3.52. The van der Waals surface area contributed by atoms with Crippen molar-refractivity contribution in [1.82, 2.24) is 4.90 Å². The van der Waals surface area contributed by atoms with Crippen LogP contribution in [0.25, 0.3) is 0 Å². The molecule has 1 saturated carbocycles. The minimum atomic E-state index is 0.658. The molecule has 1 fully saturated rings. The van der Waals surface area contributed by atoms with Crippen LogP contribution in [0.1, 0.15) is 51.9 Å². The smallest absolute Gasteiger partial charge is 0.0635 e. The van der Waals surface area contributed by atoms with Crippen LogP contribution in [0.4, 0.5) is 0 Å². The topological polar surface area (TPSA) is 27.0 Å². The molecule has 0 aromatic heterocycles. The maximum atomic E-state index is 8.57. The van der Waals surface area contributed by atoms with E-state index >= 15 is 0 Å². The van der Waals surface area contributed by atoms with E-state index in [1.165, 1.54) is 38.5 Å². The van der Waals surface area contributed by atoms with Gasteiger partial charge in [0.25, 0.3) is 0 Å². The Morgan fingerprint density at radius 2 is 2.12 bits per heavy atom. The van der Waals surface area contributed by atoms with Crippen LogP contribution in [-0.4, -0.2) is 24.5 Å². The first kappa shape index (κ1) is 13.3. The highest BCUT2D eigenvalue weighted by Gasteiger charge is 2.19. The molecule has 0 aromatic rings. The van der Waals surface area contributed by atoms with E-state index in [1.807, 2.05) is 0 Å². The molecule has 0 radical (unpaired) electrons. The minimum Gasteiger partial charge on any atom is -0.302 e. The fourth-order valence-electron chi connectivity index (χ4n) is 2.38. The van der Waals surface area contributed by atoms with E-state index in [0.29, 0.717) is 12.5 Å². The van der Waals surface area contributed by atoms with Crippen LogP contribution in [0.2, 0.25) is 0 Å². The second-order valence-corrected chi connectivity index (χ2v) is 4.77. The number of hydrogen-bond donors (Lipinski definition) is 0. The van der Waals surface area contributed by atoms with Crippen molar-refractivity contribution < 1.29 is 0 Å². The summed E-state index contributed by atoms with van der Waals surface area (Å²) in [6.07, 6.45) is 10.7. The number of rotatable bonds is 5.